The molecule has 0 radical (unpaired) electrons. The fourth-order valence-corrected chi connectivity index (χ4v) is 2.78. The lowest BCUT2D eigenvalue weighted by Gasteiger charge is -2.34. The van der Waals surface area contributed by atoms with Crippen molar-refractivity contribution in [2.24, 2.45) is 0 Å². The summed E-state index contributed by atoms with van der Waals surface area (Å²) in [7, 11) is 0. The molecule has 0 N–H and O–H groups in total. The monoisotopic (exact) mass is 274 g/mol. The maximum Gasteiger partial charge on any atom is 0.231 e. The first-order chi connectivity index (χ1) is 9.70. The topological polar surface area (TPSA) is 24.9 Å². The molecule has 0 aliphatic carbocycles. The summed E-state index contributed by atoms with van der Waals surface area (Å²) in [6.45, 7) is 12.9. The van der Waals surface area contributed by atoms with E-state index in [0.29, 0.717) is 6.79 Å². The third-order valence-electron chi connectivity index (χ3n) is 3.80. The standard InChI is InChI=1S/C16H22N2O2/c1-13(2)10-17-5-7-18(8-6-17)11-14-3-4-15-16(9-14)20-12-19-15/h3-4,9H,1,5-8,10-12H2,2H3. The van der Waals surface area contributed by atoms with E-state index in [1.54, 1.807) is 0 Å². The Bertz CT molecular complexity index is 493. The van der Waals surface area contributed by atoms with Gasteiger partial charge in [-0.2, -0.15) is 0 Å². The van der Waals surface area contributed by atoms with Gasteiger partial charge in [0.2, 0.25) is 6.79 Å². The number of hydrogen-bond acceptors (Lipinski definition) is 4. The molecule has 0 unspecified atom stereocenters. The van der Waals surface area contributed by atoms with Crippen LogP contribution < -0.4 is 9.47 Å². The van der Waals surface area contributed by atoms with Crippen molar-refractivity contribution in [2.75, 3.05) is 39.5 Å². The van der Waals surface area contributed by atoms with Crippen LogP contribution in [0, 0.1) is 0 Å². The smallest absolute Gasteiger partial charge is 0.231 e. The third kappa shape index (κ3) is 3.14. The molecule has 0 amide bonds. The Balaban J connectivity index is 1.53. The van der Waals surface area contributed by atoms with Crippen LogP contribution >= 0.6 is 0 Å². The lowest BCUT2D eigenvalue weighted by Crippen LogP contribution is -2.46. The van der Waals surface area contributed by atoms with E-state index in [9.17, 15) is 0 Å². The molecular weight excluding hydrogens is 252 g/mol. The molecule has 0 aromatic heterocycles. The summed E-state index contributed by atoms with van der Waals surface area (Å²) in [4.78, 5) is 4.96. The van der Waals surface area contributed by atoms with Gasteiger partial charge in [-0.3, -0.25) is 9.80 Å². The first-order valence-electron chi connectivity index (χ1n) is 7.18. The quantitative estimate of drug-likeness (QED) is 0.785. The second-order valence-corrected chi connectivity index (χ2v) is 5.70. The van der Waals surface area contributed by atoms with E-state index < -0.39 is 0 Å². The minimum Gasteiger partial charge on any atom is -0.454 e. The first-order valence-corrected chi connectivity index (χ1v) is 7.18. The zero-order chi connectivity index (χ0) is 13.9. The van der Waals surface area contributed by atoms with Crippen LogP contribution in [0.25, 0.3) is 0 Å². The largest absolute Gasteiger partial charge is 0.454 e. The summed E-state index contributed by atoms with van der Waals surface area (Å²) < 4.78 is 10.8. The van der Waals surface area contributed by atoms with E-state index in [-0.39, 0.29) is 0 Å². The van der Waals surface area contributed by atoms with Gasteiger partial charge in [-0.05, 0) is 24.6 Å². The van der Waals surface area contributed by atoms with Crippen molar-refractivity contribution >= 4 is 0 Å². The molecular formula is C16H22N2O2. The number of ether oxygens (including phenoxy) is 2. The molecule has 2 heterocycles. The van der Waals surface area contributed by atoms with E-state index in [1.165, 1.54) is 11.1 Å². The maximum atomic E-state index is 5.43. The van der Waals surface area contributed by atoms with Crippen molar-refractivity contribution in [3.05, 3.63) is 35.9 Å². The molecule has 20 heavy (non-hydrogen) atoms. The van der Waals surface area contributed by atoms with Gasteiger partial charge in [-0.15, -0.1) is 0 Å². The van der Waals surface area contributed by atoms with Gasteiger partial charge in [0.25, 0.3) is 0 Å². The fraction of sp³-hybridized carbons (Fsp3) is 0.500. The van der Waals surface area contributed by atoms with Gasteiger partial charge in [-0.25, -0.2) is 0 Å². The summed E-state index contributed by atoms with van der Waals surface area (Å²) in [5, 5.41) is 0. The molecule has 1 aromatic carbocycles. The van der Waals surface area contributed by atoms with Crippen molar-refractivity contribution in [1.29, 1.82) is 0 Å². The molecule has 0 bridgehead atoms. The fourth-order valence-electron chi connectivity index (χ4n) is 2.78. The molecule has 3 rings (SSSR count). The average Bonchev–Trinajstić information content (AvgIpc) is 2.88. The Hall–Kier alpha value is -1.52. The molecule has 1 fully saturated rings. The van der Waals surface area contributed by atoms with Crippen LogP contribution in [0.4, 0.5) is 0 Å². The zero-order valence-corrected chi connectivity index (χ0v) is 12.1. The minimum absolute atomic E-state index is 0.346. The molecule has 4 heteroatoms. The van der Waals surface area contributed by atoms with Gasteiger partial charge >= 0.3 is 0 Å². The highest BCUT2D eigenvalue weighted by Gasteiger charge is 2.18. The van der Waals surface area contributed by atoms with Crippen LogP contribution in [-0.2, 0) is 6.54 Å². The van der Waals surface area contributed by atoms with Crippen LogP contribution in [0.3, 0.4) is 0 Å². The third-order valence-corrected chi connectivity index (χ3v) is 3.80. The Morgan fingerprint density at radius 1 is 1.10 bits per heavy atom. The number of hydrogen-bond donors (Lipinski definition) is 0. The summed E-state index contributed by atoms with van der Waals surface area (Å²) >= 11 is 0. The molecule has 2 aliphatic heterocycles. The second kappa shape index (κ2) is 5.85. The average molecular weight is 274 g/mol. The minimum atomic E-state index is 0.346. The van der Waals surface area contributed by atoms with Crippen LogP contribution in [0.5, 0.6) is 11.5 Å². The SMILES string of the molecule is C=C(C)CN1CCN(Cc2ccc3c(c2)OCO3)CC1. The van der Waals surface area contributed by atoms with Crippen molar-refractivity contribution in [2.45, 2.75) is 13.5 Å². The molecule has 1 saturated heterocycles. The number of fused-ring (bicyclic) bond motifs is 1. The normalized spacial score (nSPS) is 19.2. The van der Waals surface area contributed by atoms with Crippen LogP contribution in [0.15, 0.2) is 30.4 Å². The van der Waals surface area contributed by atoms with Crippen LogP contribution in [-0.4, -0.2) is 49.3 Å². The predicted molar refractivity (Wildman–Crippen MR) is 79.1 cm³/mol. The Morgan fingerprint density at radius 2 is 1.80 bits per heavy atom. The molecule has 0 atom stereocenters. The first kappa shape index (κ1) is 13.5. The van der Waals surface area contributed by atoms with E-state index in [4.69, 9.17) is 9.47 Å². The van der Waals surface area contributed by atoms with Gasteiger partial charge in [0.15, 0.2) is 11.5 Å². The maximum absolute atomic E-state index is 5.43. The lowest BCUT2D eigenvalue weighted by molar-refractivity contribution is 0.135. The van der Waals surface area contributed by atoms with Gasteiger partial charge in [0.1, 0.15) is 0 Å². The van der Waals surface area contributed by atoms with Crippen molar-refractivity contribution in [3.8, 4) is 11.5 Å². The van der Waals surface area contributed by atoms with E-state index in [1.807, 2.05) is 6.07 Å². The predicted octanol–water partition coefficient (Wildman–Crippen LogP) is 2.11. The summed E-state index contributed by atoms with van der Waals surface area (Å²) in [6.07, 6.45) is 0. The van der Waals surface area contributed by atoms with Gasteiger partial charge in [0, 0.05) is 39.3 Å². The molecule has 108 valence electrons. The highest BCUT2D eigenvalue weighted by atomic mass is 16.7. The number of nitrogens with zero attached hydrogens (tertiary/aromatic N) is 2. The van der Waals surface area contributed by atoms with E-state index >= 15 is 0 Å². The van der Waals surface area contributed by atoms with E-state index in [0.717, 1.165) is 50.8 Å². The summed E-state index contributed by atoms with van der Waals surface area (Å²) in [5.74, 6) is 1.74. The molecule has 2 aliphatic rings. The second-order valence-electron chi connectivity index (χ2n) is 5.70. The van der Waals surface area contributed by atoms with Crippen molar-refractivity contribution in [3.63, 3.8) is 0 Å². The number of piperazine rings is 1. The molecule has 0 saturated carbocycles. The van der Waals surface area contributed by atoms with Gasteiger partial charge in [0.05, 0.1) is 0 Å². The van der Waals surface area contributed by atoms with Gasteiger partial charge < -0.3 is 9.47 Å². The zero-order valence-electron chi connectivity index (χ0n) is 12.1. The Kier molecular flexibility index (Phi) is 3.94. The Labute approximate surface area is 120 Å². The van der Waals surface area contributed by atoms with Crippen molar-refractivity contribution in [1.82, 2.24) is 9.80 Å². The summed E-state index contributed by atoms with van der Waals surface area (Å²) in [5.41, 5.74) is 2.54. The number of benzene rings is 1. The highest BCUT2D eigenvalue weighted by Crippen LogP contribution is 2.32. The van der Waals surface area contributed by atoms with Gasteiger partial charge in [-0.1, -0.05) is 18.2 Å². The van der Waals surface area contributed by atoms with Crippen LogP contribution in [0.2, 0.25) is 0 Å². The molecule has 4 nitrogen and oxygen atoms in total. The van der Waals surface area contributed by atoms with Crippen molar-refractivity contribution < 1.29 is 9.47 Å². The highest BCUT2D eigenvalue weighted by molar-refractivity contribution is 5.44. The lowest BCUT2D eigenvalue weighted by atomic mass is 10.1. The van der Waals surface area contributed by atoms with Crippen LogP contribution in [0.1, 0.15) is 12.5 Å². The summed E-state index contributed by atoms with van der Waals surface area (Å²) in [6, 6.07) is 6.24. The Morgan fingerprint density at radius 3 is 2.55 bits per heavy atom. The molecule has 0 spiro atoms. The van der Waals surface area contributed by atoms with E-state index in [2.05, 4.69) is 35.4 Å². The number of rotatable bonds is 4. The molecule has 1 aromatic rings.